The summed E-state index contributed by atoms with van der Waals surface area (Å²) in [4.78, 5) is 20.8. The van der Waals surface area contributed by atoms with E-state index in [1.807, 2.05) is 34.5 Å². The van der Waals surface area contributed by atoms with Crippen LogP contribution >= 0.6 is 11.3 Å². The molecule has 0 radical (unpaired) electrons. The van der Waals surface area contributed by atoms with Crippen LogP contribution in [-0.2, 0) is 0 Å². The average molecular weight is 450 g/mol. The van der Waals surface area contributed by atoms with Gasteiger partial charge in [0.15, 0.2) is 0 Å². The molecular formula is C26H28FN3OS. The summed E-state index contributed by atoms with van der Waals surface area (Å²) in [6.07, 6.45) is 0. The van der Waals surface area contributed by atoms with Gasteiger partial charge in [-0.05, 0) is 47.2 Å². The van der Waals surface area contributed by atoms with Crippen molar-refractivity contribution in [2.45, 2.75) is 5.92 Å². The number of amides is 1. The molecule has 5 rings (SSSR count). The Bertz CT molecular complexity index is 1020. The molecule has 0 N–H and O–H groups in total. The fraction of sp³-hybridized carbons (Fsp3) is 0.346. The zero-order valence-electron chi connectivity index (χ0n) is 18.1. The third kappa shape index (κ3) is 4.57. The first-order valence-electron chi connectivity index (χ1n) is 11.3. The second-order valence-corrected chi connectivity index (χ2v) is 9.68. The molecule has 2 aliphatic heterocycles. The molecule has 0 unspecified atom stereocenters. The van der Waals surface area contributed by atoms with Gasteiger partial charge in [-0.2, -0.15) is 0 Å². The number of halogens is 1. The topological polar surface area (TPSA) is 26.8 Å². The van der Waals surface area contributed by atoms with Gasteiger partial charge in [-0.1, -0.05) is 36.4 Å². The van der Waals surface area contributed by atoms with E-state index >= 15 is 0 Å². The number of hydrogen-bond acceptors (Lipinski definition) is 4. The molecular weight excluding hydrogens is 421 g/mol. The standard InChI is InChI=1S/C26H28FN3OS/c27-22-8-10-23(11-9-22)29-14-12-28(13-15-29)17-21-18-30(26(31)25-7-4-16-32-25)19-24(21)20-5-2-1-3-6-20/h1-11,16,21,24H,12-15,17-19H2/t21-,24+/m1/s1. The maximum Gasteiger partial charge on any atom is 0.263 e. The Morgan fingerprint density at radius 3 is 2.34 bits per heavy atom. The predicted octanol–water partition coefficient (Wildman–Crippen LogP) is 4.57. The smallest absolute Gasteiger partial charge is 0.263 e. The summed E-state index contributed by atoms with van der Waals surface area (Å²) >= 11 is 1.52. The van der Waals surface area contributed by atoms with Gasteiger partial charge in [0.05, 0.1) is 4.88 Å². The molecule has 4 nitrogen and oxygen atoms in total. The molecule has 0 bridgehead atoms. The maximum absolute atomic E-state index is 13.2. The second-order valence-electron chi connectivity index (χ2n) is 8.73. The number of benzene rings is 2. The normalized spacial score (nSPS) is 21.8. The van der Waals surface area contributed by atoms with Crippen LogP contribution in [-0.4, -0.2) is 61.5 Å². The molecule has 1 amide bonds. The number of likely N-dealkylation sites (tertiary alicyclic amines) is 1. The number of nitrogens with zero attached hydrogens (tertiary/aromatic N) is 3. The lowest BCUT2D eigenvalue weighted by Gasteiger charge is -2.37. The molecule has 2 aliphatic rings. The third-order valence-electron chi connectivity index (χ3n) is 6.74. The number of piperazine rings is 1. The zero-order chi connectivity index (χ0) is 21.9. The first kappa shape index (κ1) is 21.2. The van der Waals surface area contributed by atoms with E-state index in [4.69, 9.17) is 0 Å². The second kappa shape index (κ2) is 9.43. The Kier molecular flexibility index (Phi) is 6.23. The summed E-state index contributed by atoms with van der Waals surface area (Å²) in [7, 11) is 0. The minimum absolute atomic E-state index is 0.157. The first-order chi connectivity index (χ1) is 15.7. The molecule has 2 saturated heterocycles. The van der Waals surface area contributed by atoms with Crippen LogP contribution in [0.2, 0.25) is 0 Å². The summed E-state index contributed by atoms with van der Waals surface area (Å²) in [6, 6.07) is 21.3. The van der Waals surface area contributed by atoms with E-state index in [-0.39, 0.29) is 11.7 Å². The molecule has 3 aromatic rings. The number of carbonyl (C=O) groups excluding carboxylic acids is 1. The predicted molar refractivity (Wildman–Crippen MR) is 128 cm³/mol. The van der Waals surface area contributed by atoms with Gasteiger partial charge in [0.25, 0.3) is 5.91 Å². The highest BCUT2D eigenvalue weighted by Crippen LogP contribution is 2.34. The van der Waals surface area contributed by atoms with Gasteiger partial charge in [0, 0.05) is 57.4 Å². The summed E-state index contributed by atoms with van der Waals surface area (Å²) < 4.78 is 13.2. The fourth-order valence-electron chi connectivity index (χ4n) is 5.03. The molecule has 0 spiro atoms. The van der Waals surface area contributed by atoms with Crippen molar-refractivity contribution in [3.63, 3.8) is 0 Å². The van der Waals surface area contributed by atoms with Crippen molar-refractivity contribution in [2.24, 2.45) is 5.92 Å². The molecule has 2 fully saturated rings. The van der Waals surface area contributed by atoms with E-state index in [0.29, 0.717) is 11.8 Å². The first-order valence-corrected chi connectivity index (χ1v) is 12.2. The minimum Gasteiger partial charge on any atom is -0.369 e. The molecule has 0 saturated carbocycles. The zero-order valence-corrected chi connectivity index (χ0v) is 18.9. The summed E-state index contributed by atoms with van der Waals surface area (Å²) in [5, 5.41) is 1.97. The Labute approximate surface area is 192 Å². The van der Waals surface area contributed by atoms with Crippen molar-refractivity contribution < 1.29 is 9.18 Å². The van der Waals surface area contributed by atoms with Crippen LogP contribution in [0.5, 0.6) is 0 Å². The van der Waals surface area contributed by atoms with Crippen LogP contribution < -0.4 is 4.90 Å². The molecule has 0 aliphatic carbocycles. The Hall–Kier alpha value is -2.70. The lowest BCUT2D eigenvalue weighted by atomic mass is 9.88. The number of anilines is 1. The number of hydrogen-bond donors (Lipinski definition) is 0. The molecule has 32 heavy (non-hydrogen) atoms. The van der Waals surface area contributed by atoms with Gasteiger partial charge in [-0.3, -0.25) is 9.69 Å². The minimum atomic E-state index is -0.192. The summed E-state index contributed by atoms with van der Waals surface area (Å²) in [5.41, 5.74) is 2.41. The Morgan fingerprint density at radius 1 is 0.906 bits per heavy atom. The van der Waals surface area contributed by atoms with Crippen LogP contribution in [0.3, 0.4) is 0 Å². The van der Waals surface area contributed by atoms with Crippen LogP contribution in [0.15, 0.2) is 72.1 Å². The van der Waals surface area contributed by atoms with Crippen LogP contribution in [0.1, 0.15) is 21.2 Å². The van der Waals surface area contributed by atoms with E-state index in [1.165, 1.54) is 29.0 Å². The van der Waals surface area contributed by atoms with E-state index in [2.05, 4.69) is 40.1 Å². The lowest BCUT2D eigenvalue weighted by Crippen LogP contribution is -2.48. The molecule has 2 aromatic carbocycles. The molecule has 1 aromatic heterocycles. The Balaban J connectivity index is 1.26. The van der Waals surface area contributed by atoms with Crippen LogP contribution in [0.4, 0.5) is 10.1 Å². The van der Waals surface area contributed by atoms with Crippen molar-refractivity contribution in [2.75, 3.05) is 50.7 Å². The van der Waals surface area contributed by atoms with Crippen molar-refractivity contribution in [3.8, 4) is 0 Å². The van der Waals surface area contributed by atoms with Gasteiger partial charge >= 0.3 is 0 Å². The monoisotopic (exact) mass is 449 g/mol. The van der Waals surface area contributed by atoms with Gasteiger partial charge in [-0.25, -0.2) is 4.39 Å². The highest BCUT2D eigenvalue weighted by atomic mass is 32.1. The van der Waals surface area contributed by atoms with E-state index < -0.39 is 0 Å². The number of rotatable bonds is 5. The summed E-state index contributed by atoms with van der Waals surface area (Å²) in [6.45, 7) is 6.40. The van der Waals surface area contributed by atoms with E-state index in [0.717, 1.165) is 56.4 Å². The third-order valence-corrected chi connectivity index (χ3v) is 7.60. The Morgan fingerprint density at radius 2 is 1.66 bits per heavy atom. The number of thiophene rings is 1. The van der Waals surface area contributed by atoms with Crippen LogP contribution in [0.25, 0.3) is 0 Å². The van der Waals surface area contributed by atoms with Gasteiger partial charge in [0.1, 0.15) is 5.82 Å². The van der Waals surface area contributed by atoms with Gasteiger partial charge in [0.2, 0.25) is 0 Å². The highest BCUT2D eigenvalue weighted by Gasteiger charge is 2.37. The number of carbonyl (C=O) groups is 1. The molecule has 3 heterocycles. The SMILES string of the molecule is O=C(c1cccs1)N1C[C@@H](CN2CCN(c3ccc(F)cc3)CC2)[C@H](c2ccccc2)C1. The summed E-state index contributed by atoms with van der Waals surface area (Å²) in [5.74, 6) is 0.737. The molecule has 6 heteroatoms. The van der Waals surface area contributed by atoms with Crippen molar-refractivity contribution >= 4 is 22.9 Å². The largest absolute Gasteiger partial charge is 0.369 e. The van der Waals surface area contributed by atoms with E-state index in [1.54, 1.807) is 0 Å². The fourth-order valence-corrected chi connectivity index (χ4v) is 5.72. The van der Waals surface area contributed by atoms with E-state index in [9.17, 15) is 9.18 Å². The highest BCUT2D eigenvalue weighted by molar-refractivity contribution is 7.12. The lowest BCUT2D eigenvalue weighted by molar-refractivity contribution is 0.0787. The van der Waals surface area contributed by atoms with Gasteiger partial charge in [-0.15, -0.1) is 11.3 Å². The average Bonchev–Trinajstić information content (AvgIpc) is 3.51. The quantitative estimate of drug-likeness (QED) is 0.571. The van der Waals surface area contributed by atoms with Crippen molar-refractivity contribution in [3.05, 3.63) is 88.4 Å². The van der Waals surface area contributed by atoms with Crippen molar-refractivity contribution in [1.29, 1.82) is 0 Å². The van der Waals surface area contributed by atoms with Crippen molar-refractivity contribution in [1.82, 2.24) is 9.80 Å². The van der Waals surface area contributed by atoms with Gasteiger partial charge < -0.3 is 9.80 Å². The molecule has 166 valence electrons. The van der Waals surface area contributed by atoms with Crippen LogP contribution in [0, 0.1) is 11.7 Å². The molecule has 2 atom stereocenters. The maximum atomic E-state index is 13.2.